The standard InChI is InChI=1S/C11H15N3O2/c1-8-6-10(14(15)16)2-3-11(8)13-5-4-9(12)7-13/h2-3,6,9H,4-5,7,12H2,1H3. The lowest BCUT2D eigenvalue weighted by atomic mass is 10.1. The third kappa shape index (κ3) is 1.99. The molecule has 0 spiro atoms. The molecule has 1 aliphatic rings. The minimum Gasteiger partial charge on any atom is -0.370 e. The third-order valence-corrected chi connectivity index (χ3v) is 2.96. The van der Waals surface area contributed by atoms with Crippen molar-refractivity contribution in [1.29, 1.82) is 0 Å². The van der Waals surface area contributed by atoms with Crippen LogP contribution in [0.25, 0.3) is 0 Å². The molecule has 0 bridgehead atoms. The van der Waals surface area contributed by atoms with Crippen LogP contribution in [0.5, 0.6) is 0 Å². The molecule has 0 aromatic heterocycles. The van der Waals surface area contributed by atoms with Gasteiger partial charge >= 0.3 is 0 Å². The predicted molar refractivity (Wildman–Crippen MR) is 62.6 cm³/mol. The first-order chi connectivity index (χ1) is 7.58. The van der Waals surface area contributed by atoms with Gasteiger partial charge in [0, 0.05) is 37.0 Å². The van der Waals surface area contributed by atoms with Gasteiger partial charge in [0.15, 0.2) is 0 Å². The second-order valence-corrected chi connectivity index (χ2v) is 4.22. The van der Waals surface area contributed by atoms with E-state index in [2.05, 4.69) is 4.90 Å². The molecule has 1 aliphatic heterocycles. The van der Waals surface area contributed by atoms with Crippen LogP contribution in [0.1, 0.15) is 12.0 Å². The molecule has 1 aromatic carbocycles. The molecule has 0 saturated carbocycles. The first kappa shape index (κ1) is 10.9. The fraction of sp³-hybridized carbons (Fsp3) is 0.455. The highest BCUT2D eigenvalue weighted by Crippen LogP contribution is 2.27. The van der Waals surface area contributed by atoms with Gasteiger partial charge in [0.05, 0.1) is 4.92 Å². The Hall–Kier alpha value is -1.62. The monoisotopic (exact) mass is 221 g/mol. The third-order valence-electron chi connectivity index (χ3n) is 2.96. The summed E-state index contributed by atoms with van der Waals surface area (Å²) in [5.74, 6) is 0. The van der Waals surface area contributed by atoms with E-state index in [0.29, 0.717) is 0 Å². The lowest BCUT2D eigenvalue weighted by Crippen LogP contribution is -2.26. The van der Waals surface area contributed by atoms with Crippen molar-refractivity contribution in [3.63, 3.8) is 0 Å². The van der Waals surface area contributed by atoms with Crippen LogP contribution in [0.4, 0.5) is 11.4 Å². The molecule has 0 aliphatic carbocycles. The van der Waals surface area contributed by atoms with E-state index >= 15 is 0 Å². The van der Waals surface area contributed by atoms with Gasteiger partial charge in [0.1, 0.15) is 0 Å². The van der Waals surface area contributed by atoms with Gasteiger partial charge in [0.2, 0.25) is 0 Å². The fourth-order valence-corrected chi connectivity index (χ4v) is 2.11. The summed E-state index contributed by atoms with van der Waals surface area (Å²) >= 11 is 0. The second kappa shape index (κ2) is 4.09. The highest BCUT2D eigenvalue weighted by molar-refractivity contribution is 5.58. The lowest BCUT2D eigenvalue weighted by Gasteiger charge is -2.20. The molecule has 0 radical (unpaired) electrons. The number of nitrogens with two attached hydrogens (primary N) is 1. The molecule has 16 heavy (non-hydrogen) atoms. The molecule has 2 rings (SSSR count). The Kier molecular flexibility index (Phi) is 2.78. The molecule has 1 heterocycles. The van der Waals surface area contributed by atoms with Crippen molar-refractivity contribution in [2.75, 3.05) is 18.0 Å². The molecule has 1 atom stereocenters. The minimum absolute atomic E-state index is 0.143. The highest BCUT2D eigenvalue weighted by atomic mass is 16.6. The Morgan fingerprint density at radius 2 is 2.31 bits per heavy atom. The molecule has 5 nitrogen and oxygen atoms in total. The first-order valence-corrected chi connectivity index (χ1v) is 5.33. The number of rotatable bonds is 2. The van der Waals surface area contributed by atoms with E-state index < -0.39 is 0 Å². The summed E-state index contributed by atoms with van der Waals surface area (Å²) in [6.45, 7) is 3.66. The molecule has 2 N–H and O–H groups in total. The van der Waals surface area contributed by atoms with Crippen LogP contribution in [0.15, 0.2) is 18.2 Å². The van der Waals surface area contributed by atoms with E-state index in [1.54, 1.807) is 12.1 Å². The van der Waals surface area contributed by atoms with E-state index in [1.165, 1.54) is 0 Å². The number of nitrogens with zero attached hydrogens (tertiary/aromatic N) is 2. The van der Waals surface area contributed by atoms with E-state index in [9.17, 15) is 10.1 Å². The summed E-state index contributed by atoms with van der Waals surface area (Å²) in [6, 6.07) is 5.19. The summed E-state index contributed by atoms with van der Waals surface area (Å²) in [7, 11) is 0. The number of nitro groups is 1. The van der Waals surface area contributed by atoms with Gasteiger partial charge < -0.3 is 10.6 Å². The summed E-state index contributed by atoms with van der Waals surface area (Å²) in [4.78, 5) is 12.4. The number of hydrogen-bond donors (Lipinski definition) is 1. The summed E-state index contributed by atoms with van der Waals surface area (Å²) in [6.07, 6.45) is 0.983. The highest BCUT2D eigenvalue weighted by Gasteiger charge is 2.21. The van der Waals surface area contributed by atoms with Crippen LogP contribution in [-0.4, -0.2) is 24.1 Å². The van der Waals surface area contributed by atoms with E-state index in [1.807, 2.05) is 13.0 Å². The zero-order valence-corrected chi connectivity index (χ0v) is 9.22. The Labute approximate surface area is 94.0 Å². The van der Waals surface area contributed by atoms with Gasteiger partial charge in [-0.3, -0.25) is 10.1 Å². The Balaban J connectivity index is 2.26. The predicted octanol–water partition coefficient (Wildman–Crippen LogP) is 1.44. The quantitative estimate of drug-likeness (QED) is 0.606. The minimum atomic E-state index is -0.369. The number of non-ortho nitro benzene ring substituents is 1. The molecular weight excluding hydrogens is 206 g/mol. The van der Waals surface area contributed by atoms with E-state index in [-0.39, 0.29) is 16.7 Å². The van der Waals surface area contributed by atoms with Gasteiger partial charge in [-0.2, -0.15) is 0 Å². The maximum absolute atomic E-state index is 10.6. The van der Waals surface area contributed by atoms with Crippen molar-refractivity contribution in [3.8, 4) is 0 Å². The van der Waals surface area contributed by atoms with Gasteiger partial charge in [-0.05, 0) is 25.0 Å². The molecule has 1 unspecified atom stereocenters. The Morgan fingerprint density at radius 1 is 1.56 bits per heavy atom. The summed E-state index contributed by atoms with van der Waals surface area (Å²) in [5, 5.41) is 10.6. The summed E-state index contributed by atoms with van der Waals surface area (Å²) < 4.78 is 0. The number of nitro benzene ring substituents is 1. The SMILES string of the molecule is Cc1cc([N+](=O)[O-])ccc1N1CCC(N)C1. The summed E-state index contributed by atoms with van der Waals surface area (Å²) in [5.41, 5.74) is 7.97. The van der Waals surface area contributed by atoms with Crippen molar-refractivity contribution >= 4 is 11.4 Å². The van der Waals surface area contributed by atoms with Crippen LogP contribution in [0.3, 0.4) is 0 Å². The molecule has 86 valence electrons. The molecule has 0 amide bonds. The second-order valence-electron chi connectivity index (χ2n) is 4.22. The van der Waals surface area contributed by atoms with E-state index in [0.717, 1.165) is 30.8 Å². The van der Waals surface area contributed by atoms with Crippen molar-refractivity contribution in [2.24, 2.45) is 5.73 Å². The first-order valence-electron chi connectivity index (χ1n) is 5.33. The average Bonchev–Trinajstić information content (AvgIpc) is 2.64. The molecule has 1 aromatic rings. The van der Waals surface area contributed by atoms with Crippen LogP contribution >= 0.6 is 0 Å². The molecule has 5 heteroatoms. The van der Waals surface area contributed by atoms with Crippen LogP contribution in [0, 0.1) is 17.0 Å². The zero-order chi connectivity index (χ0) is 11.7. The Bertz CT molecular complexity index is 420. The van der Waals surface area contributed by atoms with Crippen LogP contribution < -0.4 is 10.6 Å². The topological polar surface area (TPSA) is 72.4 Å². The Morgan fingerprint density at radius 3 is 2.81 bits per heavy atom. The molecule has 1 fully saturated rings. The van der Waals surface area contributed by atoms with Crippen LogP contribution in [-0.2, 0) is 0 Å². The van der Waals surface area contributed by atoms with Gasteiger partial charge in [-0.15, -0.1) is 0 Å². The van der Waals surface area contributed by atoms with Gasteiger partial charge in [-0.1, -0.05) is 0 Å². The molecule has 1 saturated heterocycles. The smallest absolute Gasteiger partial charge is 0.269 e. The number of aryl methyl sites for hydroxylation is 1. The maximum atomic E-state index is 10.6. The number of benzene rings is 1. The molecular formula is C11H15N3O2. The van der Waals surface area contributed by atoms with Crippen molar-refractivity contribution in [1.82, 2.24) is 0 Å². The normalized spacial score (nSPS) is 20.1. The lowest BCUT2D eigenvalue weighted by molar-refractivity contribution is -0.384. The van der Waals surface area contributed by atoms with Crippen molar-refractivity contribution < 1.29 is 4.92 Å². The number of hydrogen-bond acceptors (Lipinski definition) is 4. The number of anilines is 1. The largest absolute Gasteiger partial charge is 0.370 e. The fourth-order valence-electron chi connectivity index (χ4n) is 2.11. The van der Waals surface area contributed by atoms with Crippen molar-refractivity contribution in [3.05, 3.63) is 33.9 Å². The average molecular weight is 221 g/mol. The van der Waals surface area contributed by atoms with E-state index in [4.69, 9.17) is 5.73 Å². The van der Waals surface area contributed by atoms with Gasteiger partial charge in [-0.25, -0.2) is 0 Å². The maximum Gasteiger partial charge on any atom is 0.269 e. The van der Waals surface area contributed by atoms with Gasteiger partial charge in [0.25, 0.3) is 5.69 Å². The van der Waals surface area contributed by atoms with Crippen LogP contribution in [0.2, 0.25) is 0 Å². The van der Waals surface area contributed by atoms with Crippen molar-refractivity contribution in [2.45, 2.75) is 19.4 Å². The zero-order valence-electron chi connectivity index (χ0n) is 9.22.